The van der Waals surface area contributed by atoms with E-state index < -0.39 is 0 Å². The molecule has 17 heavy (non-hydrogen) atoms. The highest BCUT2D eigenvalue weighted by atomic mass is 16.5. The average Bonchev–Trinajstić information content (AvgIpc) is 2.33. The minimum absolute atomic E-state index is 0.742. The van der Waals surface area contributed by atoms with E-state index in [1.165, 1.54) is 32.1 Å². The van der Waals surface area contributed by atoms with E-state index in [4.69, 9.17) is 4.74 Å². The van der Waals surface area contributed by atoms with Crippen LogP contribution in [0.5, 0.6) is 0 Å². The van der Waals surface area contributed by atoms with Crippen LogP contribution in [-0.2, 0) is 4.74 Å². The Kier molecular flexibility index (Phi) is 7.82. The third-order valence-corrected chi connectivity index (χ3v) is 3.72. The van der Waals surface area contributed by atoms with Crippen LogP contribution in [0.3, 0.4) is 0 Å². The number of rotatable bonds is 8. The number of hydrogen-bond donors (Lipinski definition) is 1. The Morgan fingerprint density at radius 2 is 2.06 bits per heavy atom. The predicted molar refractivity (Wildman–Crippen MR) is 73.4 cm³/mol. The van der Waals surface area contributed by atoms with Crippen LogP contribution in [0.4, 0.5) is 0 Å². The zero-order valence-corrected chi connectivity index (χ0v) is 11.9. The Bertz CT molecular complexity index is 185. The van der Waals surface area contributed by atoms with Gasteiger partial charge in [-0.3, -0.25) is 0 Å². The molecule has 0 aliphatic heterocycles. The van der Waals surface area contributed by atoms with Gasteiger partial charge in [-0.05, 0) is 32.9 Å². The van der Waals surface area contributed by atoms with Gasteiger partial charge in [-0.15, -0.1) is 0 Å². The number of ether oxygens (including phenoxy) is 1. The minimum Gasteiger partial charge on any atom is -0.379 e. The molecule has 0 amide bonds. The molecule has 0 aromatic heterocycles. The standard InChI is InChI=1S/C14H30N2O/c1-4-13-6-5-7-14(12-13)15-8-10-17-11-9-16(2)3/h13-15H,4-12H2,1-3H3. The van der Waals surface area contributed by atoms with Crippen molar-refractivity contribution in [1.82, 2.24) is 10.2 Å². The van der Waals surface area contributed by atoms with Gasteiger partial charge in [0.05, 0.1) is 13.2 Å². The second-order valence-corrected chi connectivity index (χ2v) is 5.51. The van der Waals surface area contributed by atoms with Gasteiger partial charge in [-0.25, -0.2) is 0 Å². The lowest BCUT2D eigenvalue weighted by Crippen LogP contribution is -2.36. The Hall–Kier alpha value is -0.120. The largest absolute Gasteiger partial charge is 0.379 e. The molecule has 0 spiro atoms. The van der Waals surface area contributed by atoms with Crippen molar-refractivity contribution in [3.63, 3.8) is 0 Å². The van der Waals surface area contributed by atoms with Gasteiger partial charge in [0.2, 0.25) is 0 Å². The van der Waals surface area contributed by atoms with Crippen LogP contribution >= 0.6 is 0 Å². The molecule has 0 bridgehead atoms. The quantitative estimate of drug-likeness (QED) is 0.660. The number of hydrogen-bond acceptors (Lipinski definition) is 3. The summed E-state index contributed by atoms with van der Waals surface area (Å²) in [5, 5.41) is 3.64. The van der Waals surface area contributed by atoms with Gasteiger partial charge in [0.15, 0.2) is 0 Å². The van der Waals surface area contributed by atoms with E-state index in [1.54, 1.807) is 0 Å². The van der Waals surface area contributed by atoms with Crippen LogP contribution in [0.1, 0.15) is 39.0 Å². The average molecular weight is 242 g/mol. The molecule has 1 fully saturated rings. The van der Waals surface area contributed by atoms with Gasteiger partial charge in [-0.1, -0.05) is 26.2 Å². The van der Waals surface area contributed by atoms with E-state index >= 15 is 0 Å². The van der Waals surface area contributed by atoms with Crippen LogP contribution in [0.15, 0.2) is 0 Å². The third-order valence-electron chi connectivity index (χ3n) is 3.72. The third kappa shape index (κ3) is 7.02. The maximum Gasteiger partial charge on any atom is 0.0593 e. The van der Waals surface area contributed by atoms with E-state index in [-0.39, 0.29) is 0 Å². The lowest BCUT2D eigenvalue weighted by molar-refractivity contribution is 0.115. The number of nitrogens with one attached hydrogen (secondary N) is 1. The summed E-state index contributed by atoms with van der Waals surface area (Å²) in [5.74, 6) is 0.955. The highest BCUT2D eigenvalue weighted by molar-refractivity contribution is 4.77. The Morgan fingerprint density at radius 3 is 2.76 bits per heavy atom. The van der Waals surface area contributed by atoms with E-state index in [9.17, 15) is 0 Å². The van der Waals surface area contributed by atoms with Crippen LogP contribution in [0, 0.1) is 5.92 Å². The van der Waals surface area contributed by atoms with Gasteiger partial charge >= 0.3 is 0 Å². The molecule has 0 heterocycles. The van der Waals surface area contributed by atoms with E-state index in [0.717, 1.165) is 38.3 Å². The smallest absolute Gasteiger partial charge is 0.0593 e. The monoisotopic (exact) mass is 242 g/mol. The second-order valence-electron chi connectivity index (χ2n) is 5.51. The lowest BCUT2D eigenvalue weighted by Gasteiger charge is -2.29. The molecule has 0 aromatic rings. The molecule has 0 aromatic carbocycles. The molecule has 1 aliphatic rings. The van der Waals surface area contributed by atoms with Crippen molar-refractivity contribution < 1.29 is 4.74 Å². The van der Waals surface area contributed by atoms with Crippen molar-refractivity contribution in [3.05, 3.63) is 0 Å². The van der Waals surface area contributed by atoms with Crippen molar-refractivity contribution >= 4 is 0 Å². The van der Waals surface area contributed by atoms with Crippen molar-refractivity contribution in [3.8, 4) is 0 Å². The fourth-order valence-electron chi connectivity index (χ4n) is 2.53. The number of likely N-dealkylation sites (N-methyl/N-ethyl adjacent to an activating group) is 1. The van der Waals surface area contributed by atoms with Gasteiger partial charge in [0.25, 0.3) is 0 Å². The van der Waals surface area contributed by atoms with Gasteiger partial charge in [0, 0.05) is 19.1 Å². The fraction of sp³-hybridized carbons (Fsp3) is 1.00. The molecule has 3 nitrogen and oxygen atoms in total. The molecule has 2 atom stereocenters. The SMILES string of the molecule is CCC1CCCC(NCCOCCN(C)C)C1. The molecular weight excluding hydrogens is 212 g/mol. The van der Waals surface area contributed by atoms with Crippen molar-refractivity contribution in [2.24, 2.45) is 5.92 Å². The summed E-state index contributed by atoms with van der Waals surface area (Å²) < 4.78 is 5.58. The molecule has 1 aliphatic carbocycles. The van der Waals surface area contributed by atoms with E-state index in [2.05, 4.69) is 31.2 Å². The maximum absolute atomic E-state index is 5.58. The van der Waals surface area contributed by atoms with Crippen LogP contribution in [0.25, 0.3) is 0 Å². The molecule has 3 heteroatoms. The maximum atomic E-state index is 5.58. The molecule has 1 N–H and O–H groups in total. The summed E-state index contributed by atoms with van der Waals surface area (Å²) in [5.41, 5.74) is 0. The summed E-state index contributed by atoms with van der Waals surface area (Å²) >= 11 is 0. The first-order valence-electron chi connectivity index (χ1n) is 7.18. The Balaban J connectivity index is 1.95. The highest BCUT2D eigenvalue weighted by Crippen LogP contribution is 2.26. The lowest BCUT2D eigenvalue weighted by atomic mass is 9.84. The Labute approximate surface area is 107 Å². The zero-order chi connectivity index (χ0) is 12.5. The topological polar surface area (TPSA) is 24.5 Å². The summed E-state index contributed by atoms with van der Waals surface area (Å²) in [7, 11) is 4.16. The molecule has 0 radical (unpaired) electrons. The van der Waals surface area contributed by atoms with E-state index in [1.807, 2.05) is 0 Å². The first-order chi connectivity index (χ1) is 8.22. The molecule has 1 rings (SSSR count). The van der Waals surface area contributed by atoms with Gasteiger partial charge < -0.3 is 15.0 Å². The first kappa shape index (κ1) is 14.9. The van der Waals surface area contributed by atoms with Crippen molar-refractivity contribution in [2.75, 3.05) is 40.4 Å². The Morgan fingerprint density at radius 1 is 1.24 bits per heavy atom. The summed E-state index contributed by atoms with van der Waals surface area (Å²) in [4.78, 5) is 2.15. The predicted octanol–water partition coefficient (Wildman–Crippen LogP) is 2.12. The molecule has 102 valence electrons. The molecule has 1 saturated carbocycles. The summed E-state index contributed by atoms with van der Waals surface area (Å²) in [6.07, 6.45) is 6.91. The molecule has 0 saturated heterocycles. The molecule has 2 unspecified atom stereocenters. The van der Waals surface area contributed by atoms with Crippen molar-refractivity contribution in [1.29, 1.82) is 0 Å². The fourth-order valence-corrected chi connectivity index (χ4v) is 2.53. The second kappa shape index (κ2) is 8.90. The van der Waals surface area contributed by atoms with Gasteiger partial charge in [-0.2, -0.15) is 0 Å². The first-order valence-corrected chi connectivity index (χ1v) is 7.18. The van der Waals surface area contributed by atoms with Crippen LogP contribution < -0.4 is 5.32 Å². The highest BCUT2D eigenvalue weighted by Gasteiger charge is 2.19. The molecular formula is C14H30N2O. The van der Waals surface area contributed by atoms with Crippen molar-refractivity contribution in [2.45, 2.75) is 45.1 Å². The summed E-state index contributed by atoms with van der Waals surface area (Å²) in [6.45, 7) is 6.03. The normalized spacial score (nSPS) is 25.4. The van der Waals surface area contributed by atoms with E-state index in [0.29, 0.717) is 0 Å². The van der Waals surface area contributed by atoms with Crippen LogP contribution in [0.2, 0.25) is 0 Å². The minimum atomic E-state index is 0.742. The zero-order valence-electron chi connectivity index (χ0n) is 11.9. The van der Waals surface area contributed by atoms with Crippen LogP contribution in [-0.4, -0.2) is 51.3 Å². The number of nitrogens with zero attached hydrogens (tertiary/aromatic N) is 1. The van der Waals surface area contributed by atoms with Gasteiger partial charge in [0.1, 0.15) is 0 Å². The summed E-state index contributed by atoms with van der Waals surface area (Å²) in [6, 6.07) is 0.742.